The normalized spacial score (nSPS) is 17.1. The molecule has 3 rings (SSSR count). The molecule has 5 nitrogen and oxygen atoms in total. The smallest absolute Gasteiger partial charge is 0.245 e. The first-order valence-corrected chi connectivity index (χ1v) is 9.48. The number of carbonyl (C=O) groups is 2. The first-order chi connectivity index (χ1) is 12.4. The Morgan fingerprint density at radius 1 is 1.23 bits per heavy atom. The summed E-state index contributed by atoms with van der Waals surface area (Å²) in [6, 6.07) is 13.8. The number of amides is 2. The van der Waals surface area contributed by atoms with Gasteiger partial charge in [-0.15, -0.1) is 0 Å². The predicted octanol–water partition coefficient (Wildman–Crippen LogP) is 3.41. The van der Waals surface area contributed by atoms with Gasteiger partial charge in [-0.1, -0.05) is 24.3 Å². The van der Waals surface area contributed by atoms with Gasteiger partial charge in [0.15, 0.2) is 0 Å². The summed E-state index contributed by atoms with van der Waals surface area (Å²) in [5.41, 5.74) is 6.47. The fraction of sp³-hybridized carbons (Fsp3) is 0.250. The van der Waals surface area contributed by atoms with Gasteiger partial charge in [-0.2, -0.15) is 5.10 Å². The van der Waals surface area contributed by atoms with E-state index in [0.717, 1.165) is 25.9 Å². The number of nitrogens with zero attached hydrogens (tertiary/aromatic N) is 2. The highest BCUT2D eigenvalue weighted by Gasteiger charge is 2.35. The molecule has 1 heterocycles. The van der Waals surface area contributed by atoms with Crippen LogP contribution >= 0.6 is 22.6 Å². The van der Waals surface area contributed by atoms with Gasteiger partial charge in [0.1, 0.15) is 0 Å². The number of benzene rings is 2. The fourth-order valence-electron chi connectivity index (χ4n) is 2.94. The number of aryl methyl sites for hydroxylation is 2. The fourth-order valence-corrected chi connectivity index (χ4v) is 3.30. The minimum atomic E-state index is -0.392. The van der Waals surface area contributed by atoms with Crippen LogP contribution in [0.25, 0.3) is 0 Å². The molecule has 1 N–H and O–H groups in total. The lowest BCUT2D eigenvalue weighted by Crippen LogP contribution is -2.30. The maximum atomic E-state index is 12.4. The quantitative estimate of drug-likeness (QED) is 0.431. The Kier molecular flexibility index (Phi) is 5.70. The van der Waals surface area contributed by atoms with E-state index < -0.39 is 5.92 Å². The van der Waals surface area contributed by atoms with E-state index in [1.54, 1.807) is 11.1 Å². The Labute approximate surface area is 166 Å². The average Bonchev–Trinajstić information content (AvgIpc) is 3.00. The second-order valence-corrected chi connectivity index (χ2v) is 7.73. The van der Waals surface area contributed by atoms with Crippen LogP contribution < -0.4 is 10.3 Å². The molecule has 0 bridgehead atoms. The van der Waals surface area contributed by atoms with E-state index in [1.807, 2.05) is 56.3 Å². The van der Waals surface area contributed by atoms with Gasteiger partial charge in [-0.25, -0.2) is 5.43 Å². The molecule has 0 radical (unpaired) electrons. The van der Waals surface area contributed by atoms with Crippen molar-refractivity contribution in [2.75, 3.05) is 11.4 Å². The lowest BCUT2D eigenvalue weighted by atomic mass is 10.1. The maximum absolute atomic E-state index is 12.4. The second-order valence-electron chi connectivity index (χ2n) is 6.48. The molecule has 1 fully saturated rings. The van der Waals surface area contributed by atoms with Gasteiger partial charge >= 0.3 is 0 Å². The molecular formula is C20H20IN3O2. The largest absolute Gasteiger partial charge is 0.311 e. The van der Waals surface area contributed by atoms with Crippen LogP contribution in [-0.4, -0.2) is 24.6 Å². The Hall–Kier alpha value is -2.22. The van der Waals surface area contributed by atoms with Crippen molar-refractivity contribution in [3.63, 3.8) is 0 Å². The highest BCUT2D eigenvalue weighted by atomic mass is 127. The van der Waals surface area contributed by atoms with Crippen LogP contribution in [0.5, 0.6) is 0 Å². The number of rotatable bonds is 4. The summed E-state index contributed by atoms with van der Waals surface area (Å²) >= 11 is 2.23. The SMILES string of the molecule is Cc1ccc(C)c(N2C[C@@H](C(=O)N/N=C\c3ccc(I)cc3)CC2=O)c1. The van der Waals surface area contributed by atoms with Crippen molar-refractivity contribution in [1.82, 2.24) is 5.43 Å². The molecule has 1 aliphatic rings. The molecule has 2 aromatic rings. The van der Waals surface area contributed by atoms with E-state index in [9.17, 15) is 9.59 Å². The Morgan fingerprint density at radius 2 is 1.96 bits per heavy atom. The van der Waals surface area contributed by atoms with Gasteiger partial charge in [0, 0.05) is 22.2 Å². The number of hydrazone groups is 1. The third-order valence-electron chi connectivity index (χ3n) is 4.41. The highest BCUT2D eigenvalue weighted by Crippen LogP contribution is 2.28. The molecule has 1 atom stereocenters. The monoisotopic (exact) mass is 461 g/mol. The molecule has 0 aromatic heterocycles. The zero-order valence-corrected chi connectivity index (χ0v) is 16.9. The molecule has 134 valence electrons. The van der Waals surface area contributed by atoms with E-state index in [1.165, 1.54) is 0 Å². The summed E-state index contributed by atoms with van der Waals surface area (Å²) < 4.78 is 1.14. The van der Waals surface area contributed by atoms with Crippen LogP contribution in [0.4, 0.5) is 5.69 Å². The molecule has 0 saturated carbocycles. The van der Waals surface area contributed by atoms with E-state index >= 15 is 0 Å². The van der Waals surface area contributed by atoms with Crippen LogP contribution in [0.15, 0.2) is 47.6 Å². The van der Waals surface area contributed by atoms with Gasteiger partial charge in [0.25, 0.3) is 0 Å². The summed E-state index contributed by atoms with van der Waals surface area (Å²) in [5, 5.41) is 4.01. The van der Waals surface area contributed by atoms with E-state index in [-0.39, 0.29) is 18.2 Å². The molecule has 0 spiro atoms. The number of carbonyl (C=O) groups excluding carboxylic acids is 2. The molecule has 26 heavy (non-hydrogen) atoms. The van der Waals surface area contributed by atoms with Crippen molar-refractivity contribution in [3.8, 4) is 0 Å². The van der Waals surface area contributed by atoms with Gasteiger partial charge in [0.2, 0.25) is 11.8 Å². The first kappa shape index (κ1) is 18.6. The van der Waals surface area contributed by atoms with Crippen molar-refractivity contribution < 1.29 is 9.59 Å². The lowest BCUT2D eigenvalue weighted by Gasteiger charge is -2.19. The summed E-state index contributed by atoms with van der Waals surface area (Å²) in [4.78, 5) is 26.4. The second kappa shape index (κ2) is 7.99. The molecule has 0 aliphatic carbocycles. The summed E-state index contributed by atoms with van der Waals surface area (Å²) in [6.45, 7) is 4.35. The highest BCUT2D eigenvalue weighted by molar-refractivity contribution is 14.1. The number of anilines is 1. The summed E-state index contributed by atoms with van der Waals surface area (Å²) in [7, 11) is 0. The van der Waals surface area contributed by atoms with Crippen LogP contribution in [-0.2, 0) is 9.59 Å². The Morgan fingerprint density at radius 3 is 2.69 bits per heavy atom. The summed E-state index contributed by atoms with van der Waals surface area (Å²) in [5.74, 6) is -0.648. The molecule has 1 aliphatic heterocycles. The van der Waals surface area contributed by atoms with Crippen LogP contribution in [0.2, 0.25) is 0 Å². The van der Waals surface area contributed by atoms with E-state index in [4.69, 9.17) is 0 Å². The van der Waals surface area contributed by atoms with Crippen LogP contribution in [0, 0.1) is 23.3 Å². The minimum Gasteiger partial charge on any atom is -0.311 e. The van der Waals surface area contributed by atoms with Crippen LogP contribution in [0.1, 0.15) is 23.1 Å². The number of hydrogen-bond acceptors (Lipinski definition) is 3. The van der Waals surface area contributed by atoms with Gasteiger partial charge in [-0.3, -0.25) is 9.59 Å². The van der Waals surface area contributed by atoms with Gasteiger partial charge in [-0.05, 0) is 71.3 Å². The molecule has 1 saturated heterocycles. The molecular weight excluding hydrogens is 441 g/mol. The zero-order chi connectivity index (χ0) is 18.7. The molecule has 2 amide bonds. The first-order valence-electron chi connectivity index (χ1n) is 8.40. The maximum Gasteiger partial charge on any atom is 0.245 e. The average molecular weight is 461 g/mol. The Balaban J connectivity index is 1.63. The third kappa shape index (κ3) is 4.30. The van der Waals surface area contributed by atoms with Crippen molar-refractivity contribution in [2.24, 2.45) is 11.0 Å². The van der Waals surface area contributed by atoms with Crippen molar-refractivity contribution in [3.05, 3.63) is 62.7 Å². The number of halogens is 1. The van der Waals surface area contributed by atoms with Gasteiger partial charge < -0.3 is 4.90 Å². The van der Waals surface area contributed by atoms with Crippen molar-refractivity contribution in [2.45, 2.75) is 20.3 Å². The lowest BCUT2D eigenvalue weighted by molar-refractivity contribution is -0.126. The topological polar surface area (TPSA) is 61.8 Å². The number of nitrogens with one attached hydrogen (secondary N) is 1. The van der Waals surface area contributed by atoms with Crippen molar-refractivity contribution in [1.29, 1.82) is 0 Å². The van der Waals surface area contributed by atoms with Crippen LogP contribution in [0.3, 0.4) is 0 Å². The Bertz CT molecular complexity index is 862. The van der Waals surface area contributed by atoms with Crippen molar-refractivity contribution >= 4 is 46.3 Å². The number of hydrogen-bond donors (Lipinski definition) is 1. The predicted molar refractivity (Wildman–Crippen MR) is 111 cm³/mol. The summed E-state index contributed by atoms with van der Waals surface area (Å²) in [6.07, 6.45) is 1.81. The zero-order valence-electron chi connectivity index (χ0n) is 14.7. The van der Waals surface area contributed by atoms with E-state index in [2.05, 4.69) is 33.1 Å². The molecule has 0 unspecified atom stereocenters. The standard InChI is InChI=1S/C20H20IN3O2/c1-13-3-4-14(2)18(9-13)24-12-16(10-19(24)25)20(26)23-22-11-15-5-7-17(21)8-6-15/h3-9,11,16H,10,12H2,1-2H3,(H,23,26)/b22-11-/t16-/m0/s1. The van der Waals surface area contributed by atoms with E-state index in [0.29, 0.717) is 6.54 Å². The molecule has 2 aromatic carbocycles. The third-order valence-corrected chi connectivity index (χ3v) is 5.13. The minimum absolute atomic E-state index is 0.0273. The van der Waals surface area contributed by atoms with Gasteiger partial charge in [0.05, 0.1) is 12.1 Å². The molecule has 6 heteroatoms.